The van der Waals surface area contributed by atoms with Gasteiger partial charge in [-0.3, -0.25) is 0 Å². The molecule has 0 aliphatic carbocycles. The van der Waals surface area contributed by atoms with Crippen LogP contribution in [0.5, 0.6) is 5.75 Å². The van der Waals surface area contributed by atoms with Crippen LogP contribution in [0.4, 0.5) is 8.78 Å². The normalized spacial score (nSPS) is 18.9. The highest BCUT2D eigenvalue weighted by Crippen LogP contribution is 2.33. The van der Waals surface area contributed by atoms with Crippen LogP contribution in [-0.4, -0.2) is 26.2 Å². The molecule has 1 aromatic rings. The monoisotopic (exact) mass is 256 g/mol. The average molecular weight is 256 g/mol. The molecule has 1 aliphatic rings. The summed E-state index contributed by atoms with van der Waals surface area (Å²) < 4.78 is 28.5. The Labute approximate surface area is 105 Å². The summed E-state index contributed by atoms with van der Waals surface area (Å²) in [5.41, 5.74) is 6.98. The van der Waals surface area contributed by atoms with Gasteiger partial charge < -0.3 is 15.8 Å². The standard InChI is InChI=1S/C13H18F2N2O/c14-12(15)18-11-3-1-10(2-4-11)13(9-16)5-7-17-8-6-13/h1-4,12,17H,5-9,16H2. The maximum Gasteiger partial charge on any atom is 0.387 e. The van der Waals surface area contributed by atoms with E-state index in [0.717, 1.165) is 31.5 Å². The fraction of sp³-hybridized carbons (Fsp3) is 0.538. The largest absolute Gasteiger partial charge is 0.435 e. The Balaban J connectivity index is 2.16. The second-order valence-electron chi connectivity index (χ2n) is 4.64. The van der Waals surface area contributed by atoms with E-state index in [-0.39, 0.29) is 11.2 Å². The van der Waals surface area contributed by atoms with Crippen molar-refractivity contribution in [2.45, 2.75) is 24.9 Å². The van der Waals surface area contributed by atoms with Crippen LogP contribution >= 0.6 is 0 Å². The van der Waals surface area contributed by atoms with Crippen LogP contribution < -0.4 is 15.8 Å². The molecule has 5 heteroatoms. The topological polar surface area (TPSA) is 47.3 Å². The first-order valence-electron chi connectivity index (χ1n) is 6.12. The van der Waals surface area contributed by atoms with Crippen LogP contribution in [0.15, 0.2) is 24.3 Å². The van der Waals surface area contributed by atoms with E-state index in [0.29, 0.717) is 6.54 Å². The minimum Gasteiger partial charge on any atom is -0.435 e. The van der Waals surface area contributed by atoms with Gasteiger partial charge in [0.25, 0.3) is 0 Å². The summed E-state index contributed by atoms with van der Waals surface area (Å²) in [6.45, 7) is -0.332. The second kappa shape index (κ2) is 5.63. The van der Waals surface area contributed by atoms with Gasteiger partial charge in [0.2, 0.25) is 0 Å². The van der Waals surface area contributed by atoms with Gasteiger partial charge in [0.1, 0.15) is 5.75 Å². The summed E-state index contributed by atoms with van der Waals surface area (Å²) in [5.74, 6) is 0.190. The van der Waals surface area contributed by atoms with Crippen LogP contribution in [0.1, 0.15) is 18.4 Å². The minimum atomic E-state index is -2.78. The molecule has 18 heavy (non-hydrogen) atoms. The highest BCUT2D eigenvalue weighted by molar-refractivity contribution is 5.33. The zero-order valence-corrected chi connectivity index (χ0v) is 10.2. The lowest BCUT2D eigenvalue weighted by Crippen LogP contribution is -2.44. The molecule has 100 valence electrons. The summed E-state index contributed by atoms with van der Waals surface area (Å²) in [4.78, 5) is 0. The number of nitrogens with one attached hydrogen (secondary N) is 1. The summed E-state index contributed by atoms with van der Waals surface area (Å²) in [6.07, 6.45) is 1.94. The Hall–Kier alpha value is -1.20. The molecule has 0 unspecified atom stereocenters. The predicted octanol–water partition coefficient (Wildman–Crippen LogP) is 1.87. The molecule has 0 saturated carbocycles. The first kappa shape index (κ1) is 13.2. The molecule has 1 aliphatic heterocycles. The van der Waals surface area contributed by atoms with Crippen LogP contribution in [0.25, 0.3) is 0 Å². The number of rotatable bonds is 4. The average Bonchev–Trinajstić information content (AvgIpc) is 2.39. The Morgan fingerprint density at radius 3 is 2.33 bits per heavy atom. The van der Waals surface area contributed by atoms with Gasteiger partial charge in [0.15, 0.2) is 0 Å². The summed E-state index contributed by atoms with van der Waals surface area (Å²) in [7, 11) is 0. The Kier molecular flexibility index (Phi) is 4.14. The number of halogens is 2. The van der Waals surface area contributed by atoms with Gasteiger partial charge in [0, 0.05) is 12.0 Å². The molecule has 3 N–H and O–H groups in total. The van der Waals surface area contributed by atoms with Crippen molar-refractivity contribution in [2.75, 3.05) is 19.6 Å². The molecular formula is C13H18F2N2O. The van der Waals surface area contributed by atoms with Gasteiger partial charge in [0.05, 0.1) is 0 Å². The van der Waals surface area contributed by atoms with Crippen molar-refractivity contribution in [3.8, 4) is 5.75 Å². The number of ether oxygens (including phenoxy) is 1. The molecule has 1 saturated heterocycles. The molecule has 0 amide bonds. The van der Waals surface area contributed by atoms with Gasteiger partial charge in [-0.05, 0) is 43.6 Å². The first-order chi connectivity index (χ1) is 8.66. The van der Waals surface area contributed by atoms with Crippen molar-refractivity contribution in [2.24, 2.45) is 5.73 Å². The molecule has 0 spiro atoms. The van der Waals surface area contributed by atoms with Gasteiger partial charge in [-0.25, -0.2) is 0 Å². The van der Waals surface area contributed by atoms with Crippen LogP contribution in [0.2, 0.25) is 0 Å². The maximum atomic E-state index is 12.1. The van der Waals surface area contributed by atoms with E-state index >= 15 is 0 Å². The summed E-state index contributed by atoms with van der Waals surface area (Å²) >= 11 is 0. The Morgan fingerprint density at radius 2 is 1.83 bits per heavy atom. The number of hydrogen-bond donors (Lipinski definition) is 2. The zero-order chi connectivity index (χ0) is 13.0. The Bertz CT molecular complexity index is 375. The van der Waals surface area contributed by atoms with Crippen molar-refractivity contribution in [3.05, 3.63) is 29.8 Å². The first-order valence-corrected chi connectivity index (χ1v) is 6.12. The third kappa shape index (κ3) is 2.79. The highest BCUT2D eigenvalue weighted by atomic mass is 19.3. The van der Waals surface area contributed by atoms with Gasteiger partial charge in [-0.15, -0.1) is 0 Å². The quantitative estimate of drug-likeness (QED) is 0.864. The van der Waals surface area contributed by atoms with E-state index in [2.05, 4.69) is 10.1 Å². The van der Waals surface area contributed by atoms with E-state index in [9.17, 15) is 8.78 Å². The van der Waals surface area contributed by atoms with Crippen LogP contribution in [0.3, 0.4) is 0 Å². The lowest BCUT2D eigenvalue weighted by Gasteiger charge is -2.37. The molecular weight excluding hydrogens is 238 g/mol. The molecule has 0 bridgehead atoms. The minimum absolute atomic E-state index is 0.0331. The van der Waals surface area contributed by atoms with E-state index in [1.807, 2.05) is 12.1 Å². The van der Waals surface area contributed by atoms with Crippen LogP contribution in [-0.2, 0) is 5.41 Å². The maximum absolute atomic E-state index is 12.1. The smallest absolute Gasteiger partial charge is 0.387 e. The number of alkyl halides is 2. The summed E-state index contributed by atoms with van der Waals surface area (Å²) in [5, 5.41) is 3.30. The van der Waals surface area contributed by atoms with Crippen molar-refractivity contribution in [1.29, 1.82) is 0 Å². The molecule has 3 nitrogen and oxygen atoms in total. The third-order valence-electron chi connectivity index (χ3n) is 3.64. The fourth-order valence-corrected chi connectivity index (χ4v) is 2.51. The second-order valence-corrected chi connectivity index (χ2v) is 4.64. The van der Waals surface area contributed by atoms with Crippen molar-refractivity contribution in [1.82, 2.24) is 5.32 Å². The van der Waals surface area contributed by atoms with E-state index < -0.39 is 6.61 Å². The van der Waals surface area contributed by atoms with Crippen LogP contribution in [0, 0.1) is 0 Å². The van der Waals surface area contributed by atoms with Gasteiger partial charge >= 0.3 is 6.61 Å². The molecule has 0 radical (unpaired) electrons. The zero-order valence-electron chi connectivity index (χ0n) is 10.2. The van der Waals surface area contributed by atoms with E-state index in [4.69, 9.17) is 5.73 Å². The van der Waals surface area contributed by atoms with Gasteiger partial charge in [-0.1, -0.05) is 12.1 Å². The van der Waals surface area contributed by atoms with Crippen molar-refractivity contribution < 1.29 is 13.5 Å². The van der Waals surface area contributed by atoms with Crippen molar-refractivity contribution in [3.63, 3.8) is 0 Å². The van der Waals surface area contributed by atoms with Crippen molar-refractivity contribution >= 4 is 0 Å². The molecule has 1 fully saturated rings. The molecule has 2 rings (SSSR count). The van der Waals surface area contributed by atoms with E-state index in [1.54, 1.807) is 12.1 Å². The highest BCUT2D eigenvalue weighted by Gasteiger charge is 2.32. The van der Waals surface area contributed by atoms with E-state index in [1.165, 1.54) is 0 Å². The molecule has 0 aromatic heterocycles. The SMILES string of the molecule is NCC1(c2ccc(OC(F)F)cc2)CCNCC1. The fourth-order valence-electron chi connectivity index (χ4n) is 2.51. The third-order valence-corrected chi connectivity index (χ3v) is 3.64. The number of benzene rings is 1. The number of piperidine rings is 1. The lowest BCUT2D eigenvalue weighted by atomic mass is 9.73. The molecule has 0 atom stereocenters. The van der Waals surface area contributed by atoms with Gasteiger partial charge in [-0.2, -0.15) is 8.78 Å². The summed E-state index contributed by atoms with van der Waals surface area (Å²) in [6, 6.07) is 6.85. The predicted molar refractivity (Wildman–Crippen MR) is 65.9 cm³/mol. The molecule has 1 heterocycles. The molecule has 1 aromatic carbocycles. The number of nitrogens with two attached hydrogens (primary N) is 1. The Morgan fingerprint density at radius 1 is 1.22 bits per heavy atom. The number of hydrogen-bond acceptors (Lipinski definition) is 3. The lowest BCUT2D eigenvalue weighted by molar-refractivity contribution is -0.0498.